The van der Waals surface area contributed by atoms with Gasteiger partial charge in [-0.05, 0) is 6.42 Å². The Bertz CT molecular complexity index is 684. The van der Waals surface area contributed by atoms with E-state index in [4.69, 9.17) is 0 Å². The predicted molar refractivity (Wildman–Crippen MR) is 70.2 cm³/mol. The van der Waals surface area contributed by atoms with Crippen LogP contribution in [0.5, 0.6) is 0 Å². The van der Waals surface area contributed by atoms with Gasteiger partial charge in [0.2, 0.25) is 5.78 Å². The highest BCUT2D eigenvalue weighted by atomic mass is 16.2. The molecule has 1 unspecified atom stereocenters. The Labute approximate surface area is 110 Å². The number of carbonyl (C=O) groups is 3. The molecule has 3 rings (SSSR count). The van der Waals surface area contributed by atoms with Gasteiger partial charge in [0.05, 0.1) is 0 Å². The molecule has 0 aliphatic heterocycles. The fourth-order valence-electron chi connectivity index (χ4n) is 2.81. The van der Waals surface area contributed by atoms with E-state index in [1.54, 1.807) is 0 Å². The summed E-state index contributed by atoms with van der Waals surface area (Å²) >= 11 is 0. The monoisotopic (exact) mass is 255 g/mol. The SMILES string of the molecule is O=CC(=O)c1c2ccccc2cn1C1CCC(=O)C1. The lowest BCUT2D eigenvalue weighted by Gasteiger charge is -2.13. The van der Waals surface area contributed by atoms with Crippen LogP contribution in [0.1, 0.15) is 35.8 Å². The van der Waals surface area contributed by atoms with Gasteiger partial charge in [-0.1, -0.05) is 24.3 Å². The van der Waals surface area contributed by atoms with E-state index < -0.39 is 5.78 Å². The van der Waals surface area contributed by atoms with Crippen molar-refractivity contribution >= 4 is 28.6 Å². The first kappa shape index (κ1) is 11.8. The number of aromatic nitrogens is 1. The fourth-order valence-corrected chi connectivity index (χ4v) is 2.81. The summed E-state index contributed by atoms with van der Waals surface area (Å²) in [5.41, 5.74) is 0.408. The maximum absolute atomic E-state index is 11.9. The van der Waals surface area contributed by atoms with Gasteiger partial charge in [-0.15, -0.1) is 0 Å². The third kappa shape index (κ3) is 1.89. The van der Waals surface area contributed by atoms with E-state index in [2.05, 4.69) is 0 Å². The van der Waals surface area contributed by atoms with Crippen LogP contribution < -0.4 is 0 Å². The molecule has 0 saturated heterocycles. The number of carbonyl (C=O) groups excluding carboxylic acids is 3. The highest BCUT2D eigenvalue weighted by Crippen LogP contribution is 2.32. The molecule has 4 nitrogen and oxygen atoms in total. The van der Waals surface area contributed by atoms with Crippen LogP contribution in [0.15, 0.2) is 30.5 Å². The van der Waals surface area contributed by atoms with E-state index in [1.165, 1.54) is 0 Å². The lowest BCUT2D eigenvalue weighted by atomic mass is 10.1. The summed E-state index contributed by atoms with van der Waals surface area (Å²) in [5, 5.41) is 1.70. The van der Waals surface area contributed by atoms with E-state index in [0.29, 0.717) is 24.8 Å². The second-order valence-electron chi connectivity index (χ2n) is 4.89. The summed E-state index contributed by atoms with van der Waals surface area (Å²) < 4.78 is 1.81. The van der Waals surface area contributed by atoms with Crippen LogP contribution >= 0.6 is 0 Å². The van der Waals surface area contributed by atoms with Gasteiger partial charge in [0.1, 0.15) is 11.5 Å². The number of Topliss-reactive ketones (excluding diaryl/α,β-unsaturated/α-hetero) is 2. The molecule has 1 saturated carbocycles. The largest absolute Gasteiger partial charge is 0.340 e. The molecule has 1 aliphatic carbocycles. The van der Waals surface area contributed by atoms with Crippen molar-refractivity contribution in [1.29, 1.82) is 0 Å². The van der Waals surface area contributed by atoms with E-state index in [1.807, 2.05) is 35.0 Å². The van der Waals surface area contributed by atoms with Crippen LogP contribution in [0.2, 0.25) is 0 Å². The van der Waals surface area contributed by atoms with E-state index in [-0.39, 0.29) is 11.8 Å². The summed E-state index contributed by atoms with van der Waals surface area (Å²) in [7, 11) is 0. The van der Waals surface area contributed by atoms with Gasteiger partial charge in [0.15, 0.2) is 6.29 Å². The molecule has 1 aliphatic rings. The normalized spacial score (nSPS) is 18.9. The zero-order valence-corrected chi connectivity index (χ0v) is 10.3. The Balaban J connectivity index is 2.20. The van der Waals surface area contributed by atoms with Crippen LogP contribution in [0.3, 0.4) is 0 Å². The lowest BCUT2D eigenvalue weighted by Crippen LogP contribution is -2.13. The smallest absolute Gasteiger partial charge is 0.242 e. The quantitative estimate of drug-likeness (QED) is 0.480. The Morgan fingerprint density at radius 3 is 2.79 bits per heavy atom. The molecular weight excluding hydrogens is 242 g/mol. The zero-order valence-electron chi connectivity index (χ0n) is 10.3. The summed E-state index contributed by atoms with van der Waals surface area (Å²) in [6.45, 7) is 0. The predicted octanol–water partition coefficient (Wildman–Crippen LogP) is 2.32. The maximum atomic E-state index is 11.9. The van der Waals surface area contributed by atoms with Crippen molar-refractivity contribution in [2.45, 2.75) is 25.3 Å². The van der Waals surface area contributed by atoms with Gasteiger partial charge < -0.3 is 4.57 Å². The Hall–Kier alpha value is -2.23. The maximum Gasteiger partial charge on any atom is 0.242 e. The molecule has 0 amide bonds. The molecule has 1 aromatic heterocycles. The number of hydrogen-bond donors (Lipinski definition) is 0. The van der Waals surface area contributed by atoms with E-state index in [9.17, 15) is 14.4 Å². The Morgan fingerprint density at radius 1 is 1.32 bits per heavy atom. The number of aldehydes is 1. The molecule has 0 bridgehead atoms. The van der Waals surface area contributed by atoms with Crippen molar-refractivity contribution in [3.63, 3.8) is 0 Å². The molecule has 0 spiro atoms. The second-order valence-corrected chi connectivity index (χ2v) is 4.89. The molecular formula is C15H13NO3. The van der Waals surface area contributed by atoms with E-state index in [0.717, 1.165) is 17.2 Å². The summed E-state index contributed by atoms with van der Waals surface area (Å²) in [6.07, 6.45) is 3.94. The van der Waals surface area contributed by atoms with Gasteiger partial charge in [-0.3, -0.25) is 14.4 Å². The number of ketones is 2. The van der Waals surface area contributed by atoms with Gasteiger partial charge in [-0.2, -0.15) is 0 Å². The van der Waals surface area contributed by atoms with Crippen LogP contribution in [-0.2, 0) is 9.59 Å². The van der Waals surface area contributed by atoms with Gasteiger partial charge in [-0.25, -0.2) is 0 Å². The van der Waals surface area contributed by atoms with Crippen molar-refractivity contribution in [2.75, 3.05) is 0 Å². The topological polar surface area (TPSA) is 56.1 Å². The number of fused-ring (bicyclic) bond motifs is 1. The van der Waals surface area contributed by atoms with E-state index >= 15 is 0 Å². The standard InChI is InChI=1S/C15H13NO3/c17-9-14(19)15-13-4-2-1-3-10(13)8-16(15)11-5-6-12(18)7-11/h1-4,8-9,11H,5-7H2. The molecule has 1 aromatic carbocycles. The minimum absolute atomic E-state index is 0.00111. The van der Waals surface area contributed by atoms with Gasteiger partial charge in [0.25, 0.3) is 0 Å². The van der Waals surface area contributed by atoms with Crippen molar-refractivity contribution in [2.24, 2.45) is 0 Å². The molecule has 1 atom stereocenters. The first-order valence-electron chi connectivity index (χ1n) is 6.31. The second kappa shape index (κ2) is 4.46. The van der Waals surface area contributed by atoms with Crippen molar-refractivity contribution < 1.29 is 14.4 Å². The number of nitrogens with zero attached hydrogens (tertiary/aromatic N) is 1. The fraction of sp³-hybridized carbons (Fsp3) is 0.267. The Morgan fingerprint density at radius 2 is 2.11 bits per heavy atom. The highest BCUT2D eigenvalue weighted by Gasteiger charge is 2.27. The third-order valence-electron chi connectivity index (χ3n) is 3.71. The van der Waals surface area contributed by atoms with Crippen LogP contribution in [0.25, 0.3) is 10.8 Å². The molecule has 0 radical (unpaired) electrons. The number of benzene rings is 1. The lowest BCUT2D eigenvalue weighted by molar-refractivity contribution is -0.117. The molecule has 96 valence electrons. The van der Waals surface area contributed by atoms with Crippen LogP contribution in [-0.4, -0.2) is 22.4 Å². The highest BCUT2D eigenvalue weighted by molar-refractivity contribution is 6.35. The summed E-state index contributed by atoms with van der Waals surface area (Å²) in [6, 6.07) is 7.47. The van der Waals surface area contributed by atoms with Crippen molar-refractivity contribution in [3.8, 4) is 0 Å². The first-order chi connectivity index (χ1) is 9.20. The number of hydrogen-bond acceptors (Lipinski definition) is 3. The summed E-state index contributed by atoms with van der Waals surface area (Å²) in [5.74, 6) is -0.312. The first-order valence-corrected chi connectivity index (χ1v) is 6.31. The average Bonchev–Trinajstić information content (AvgIpc) is 3.01. The van der Waals surface area contributed by atoms with Crippen LogP contribution in [0.4, 0.5) is 0 Å². The van der Waals surface area contributed by atoms with Crippen molar-refractivity contribution in [3.05, 3.63) is 36.2 Å². The minimum atomic E-state index is -0.527. The summed E-state index contributed by atoms with van der Waals surface area (Å²) in [4.78, 5) is 34.1. The minimum Gasteiger partial charge on any atom is -0.340 e. The average molecular weight is 255 g/mol. The van der Waals surface area contributed by atoms with Gasteiger partial charge in [0, 0.05) is 35.9 Å². The molecule has 0 N–H and O–H groups in total. The Kier molecular flexibility index (Phi) is 2.78. The zero-order chi connectivity index (χ0) is 13.4. The molecule has 19 heavy (non-hydrogen) atoms. The number of rotatable bonds is 3. The van der Waals surface area contributed by atoms with Gasteiger partial charge >= 0.3 is 0 Å². The van der Waals surface area contributed by atoms with Crippen LogP contribution in [0, 0.1) is 0 Å². The molecule has 4 heteroatoms. The molecule has 1 heterocycles. The molecule has 2 aromatic rings. The molecule has 1 fully saturated rings. The van der Waals surface area contributed by atoms with Crippen molar-refractivity contribution in [1.82, 2.24) is 4.57 Å². The third-order valence-corrected chi connectivity index (χ3v) is 3.71.